The van der Waals surface area contributed by atoms with E-state index >= 15 is 0 Å². The molecule has 2 atom stereocenters. The van der Waals surface area contributed by atoms with Crippen LogP contribution in [0.5, 0.6) is 0 Å². The van der Waals surface area contributed by atoms with Gasteiger partial charge in [0.1, 0.15) is 5.69 Å². The molecule has 0 amide bonds. The van der Waals surface area contributed by atoms with Gasteiger partial charge in [-0.15, -0.1) is 0 Å². The molecule has 1 nitrogen and oxygen atoms in total. The van der Waals surface area contributed by atoms with E-state index in [2.05, 4.69) is 51.1 Å². The Hall–Kier alpha value is -0.820. The maximum Gasteiger partial charge on any atom is 0.131 e. The summed E-state index contributed by atoms with van der Waals surface area (Å²) in [6.45, 7) is 9.49. The Balaban J connectivity index is 2.60. The first-order valence-electron chi connectivity index (χ1n) is 7.18. The van der Waals surface area contributed by atoms with Crippen LogP contribution in [-0.4, -0.2) is 13.1 Å². The van der Waals surface area contributed by atoms with Gasteiger partial charge in [-0.05, 0) is 25.0 Å². The first kappa shape index (κ1) is 14.2. The summed E-state index contributed by atoms with van der Waals surface area (Å²) in [5.74, 6) is 0.826. The predicted molar refractivity (Wildman–Crippen MR) is 75.8 cm³/mol. The van der Waals surface area contributed by atoms with Crippen LogP contribution >= 0.6 is 0 Å². The Labute approximate surface area is 107 Å². The van der Waals surface area contributed by atoms with E-state index < -0.39 is 0 Å². The highest BCUT2D eigenvalue weighted by atomic mass is 15.1. The van der Waals surface area contributed by atoms with Crippen LogP contribution in [-0.2, 0) is 0 Å². The van der Waals surface area contributed by atoms with Crippen molar-refractivity contribution in [2.24, 2.45) is 5.92 Å². The zero-order valence-corrected chi connectivity index (χ0v) is 11.7. The van der Waals surface area contributed by atoms with Gasteiger partial charge in [-0.1, -0.05) is 51.8 Å². The summed E-state index contributed by atoms with van der Waals surface area (Å²) in [6.07, 6.45) is 5.26. The van der Waals surface area contributed by atoms with Gasteiger partial charge < -0.3 is 4.90 Å². The van der Waals surface area contributed by atoms with E-state index in [9.17, 15) is 0 Å². The number of nitrogens with one attached hydrogen (secondary N) is 1. The second-order valence-electron chi connectivity index (χ2n) is 5.17. The number of para-hydroxylation sites is 1. The summed E-state index contributed by atoms with van der Waals surface area (Å²) in [7, 11) is 0. The van der Waals surface area contributed by atoms with Crippen molar-refractivity contribution >= 4 is 5.69 Å². The number of hydrogen-bond donors (Lipinski definition) is 1. The molecule has 0 saturated heterocycles. The zero-order valence-electron chi connectivity index (χ0n) is 11.7. The fraction of sp³-hybridized carbons (Fsp3) is 0.625. The number of benzene rings is 1. The second-order valence-corrected chi connectivity index (χ2v) is 5.17. The third-order valence-electron chi connectivity index (χ3n) is 3.39. The van der Waals surface area contributed by atoms with E-state index in [1.807, 2.05) is 0 Å². The number of quaternary nitrogens is 1. The maximum atomic E-state index is 2.39. The standard InChI is InChI=1S/C16H27N/c1-4-6-13-17(14-15(3)10-5-2)16-11-8-7-9-12-16/h7-9,11-12,15H,4-6,10,13-14H2,1-3H3/p+1. The molecule has 1 N–H and O–H groups in total. The average molecular weight is 234 g/mol. The Morgan fingerprint density at radius 1 is 1.06 bits per heavy atom. The van der Waals surface area contributed by atoms with Crippen molar-refractivity contribution in [2.45, 2.75) is 46.5 Å². The predicted octanol–water partition coefficient (Wildman–Crippen LogP) is 3.44. The third kappa shape index (κ3) is 5.36. The molecule has 2 unspecified atom stereocenters. The minimum Gasteiger partial charge on any atom is -0.302 e. The smallest absolute Gasteiger partial charge is 0.131 e. The molecule has 0 bridgehead atoms. The summed E-state index contributed by atoms with van der Waals surface area (Å²) in [5, 5.41) is 0. The molecule has 0 heterocycles. The Kier molecular flexibility index (Phi) is 6.95. The summed E-state index contributed by atoms with van der Waals surface area (Å²) < 4.78 is 0. The van der Waals surface area contributed by atoms with Crippen LogP contribution in [0.3, 0.4) is 0 Å². The molecule has 0 fully saturated rings. The maximum absolute atomic E-state index is 2.39. The molecule has 0 saturated carbocycles. The molecule has 0 aromatic heterocycles. The molecule has 1 heteroatoms. The summed E-state index contributed by atoms with van der Waals surface area (Å²) in [4.78, 5) is 1.66. The van der Waals surface area contributed by atoms with Crippen LogP contribution in [0.2, 0.25) is 0 Å². The Morgan fingerprint density at radius 2 is 1.76 bits per heavy atom. The zero-order chi connectivity index (χ0) is 12.5. The molecule has 0 aliphatic rings. The van der Waals surface area contributed by atoms with Crippen LogP contribution < -0.4 is 4.90 Å². The molecular formula is C16H28N+. The summed E-state index contributed by atoms with van der Waals surface area (Å²) in [6, 6.07) is 11.0. The molecule has 1 aromatic rings. The van der Waals surface area contributed by atoms with E-state index in [-0.39, 0.29) is 0 Å². The topological polar surface area (TPSA) is 4.44 Å². The largest absolute Gasteiger partial charge is 0.302 e. The molecule has 96 valence electrons. The van der Waals surface area contributed by atoms with Crippen molar-refractivity contribution in [1.82, 2.24) is 0 Å². The van der Waals surface area contributed by atoms with E-state index in [1.165, 1.54) is 44.5 Å². The normalized spacial score (nSPS) is 14.5. The fourth-order valence-corrected chi connectivity index (χ4v) is 2.44. The first-order chi connectivity index (χ1) is 8.27. The third-order valence-corrected chi connectivity index (χ3v) is 3.39. The minimum atomic E-state index is 0.826. The Morgan fingerprint density at radius 3 is 2.35 bits per heavy atom. The van der Waals surface area contributed by atoms with Gasteiger partial charge in [0.05, 0.1) is 13.1 Å². The summed E-state index contributed by atoms with van der Waals surface area (Å²) in [5.41, 5.74) is 1.46. The Bertz CT molecular complexity index is 281. The highest BCUT2D eigenvalue weighted by molar-refractivity contribution is 5.27. The van der Waals surface area contributed by atoms with Gasteiger partial charge >= 0.3 is 0 Å². The van der Waals surface area contributed by atoms with Gasteiger partial charge in [-0.3, -0.25) is 0 Å². The number of hydrogen-bond acceptors (Lipinski definition) is 0. The van der Waals surface area contributed by atoms with Crippen molar-refractivity contribution in [3.05, 3.63) is 30.3 Å². The molecular weight excluding hydrogens is 206 g/mol. The van der Waals surface area contributed by atoms with Gasteiger partial charge in [-0.2, -0.15) is 0 Å². The number of unbranched alkanes of at least 4 members (excludes halogenated alkanes) is 1. The SMILES string of the molecule is CCCC[NH+](CC(C)CCC)c1ccccc1. The van der Waals surface area contributed by atoms with Crippen LogP contribution in [0.4, 0.5) is 5.69 Å². The van der Waals surface area contributed by atoms with Gasteiger partial charge in [0.2, 0.25) is 0 Å². The lowest BCUT2D eigenvalue weighted by Gasteiger charge is -2.22. The van der Waals surface area contributed by atoms with Gasteiger partial charge in [-0.25, -0.2) is 0 Å². The quantitative estimate of drug-likeness (QED) is 0.703. The van der Waals surface area contributed by atoms with Crippen molar-refractivity contribution in [2.75, 3.05) is 13.1 Å². The highest BCUT2D eigenvalue weighted by Crippen LogP contribution is 2.05. The van der Waals surface area contributed by atoms with Crippen molar-refractivity contribution in [3.63, 3.8) is 0 Å². The fourth-order valence-electron chi connectivity index (χ4n) is 2.44. The van der Waals surface area contributed by atoms with Gasteiger partial charge in [0.25, 0.3) is 0 Å². The molecule has 0 aliphatic heterocycles. The van der Waals surface area contributed by atoms with Crippen LogP contribution in [0, 0.1) is 5.92 Å². The van der Waals surface area contributed by atoms with E-state index in [0.29, 0.717) is 0 Å². The number of rotatable bonds is 8. The molecule has 17 heavy (non-hydrogen) atoms. The van der Waals surface area contributed by atoms with E-state index in [1.54, 1.807) is 4.90 Å². The van der Waals surface area contributed by atoms with Crippen LogP contribution in [0.1, 0.15) is 46.5 Å². The minimum absolute atomic E-state index is 0.826. The molecule has 0 spiro atoms. The lowest BCUT2D eigenvalue weighted by Crippen LogP contribution is -3.08. The summed E-state index contributed by atoms with van der Waals surface area (Å²) >= 11 is 0. The average Bonchev–Trinajstić information content (AvgIpc) is 2.36. The molecule has 0 aliphatic carbocycles. The van der Waals surface area contributed by atoms with E-state index in [0.717, 1.165) is 5.92 Å². The molecule has 1 rings (SSSR count). The van der Waals surface area contributed by atoms with Gasteiger partial charge in [0, 0.05) is 5.92 Å². The van der Waals surface area contributed by atoms with Crippen molar-refractivity contribution < 1.29 is 4.90 Å². The second kappa shape index (κ2) is 8.30. The van der Waals surface area contributed by atoms with Gasteiger partial charge in [0.15, 0.2) is 0 Å². The first-order valence-corrected chi connectivity index (χ1v) is 7.18. The molecule has 0 radical (unpaired) electrons. The van der Waals surface area contributed by atoms with E-state index in [4.69, 9.17) is 0 Å². The lowest BCUT2D eigenvalue weighted by molar-refractivity contribution is -0.837. The molecule has 1 aromatic carbocycles. The lowest BCUT2D eigenvalue weighted by atomic mass is 10.0. The van der Waals surface area contributed by atoms with Crippen molar-refractivity contribution in [3.8, 4) is 0 Å². The van der Waals surface area contributed by atoms with Crippen LogP contribution in [0.25, 0.3) is 0 Å². The van der Waals surface area contributed by atoms with Crippen LogP contribution in [0.15, 0.2) is 30.3 Å². The van der Waals surface area contributed by atoms with Crippen molar-refractivity contribution in [1.29, 1.82) is 0 Å². The monoisotopic (exact) mass is 234 g/mol. The highest BCUT2D eigenvalue weighted by Gasteiger charge is 2.14.